The number of methoxy groups -OCH3 is 1. The van der Waals surface area contributed by atoms with Gasteiger partial charge in [-0.2, -0.15) is 0 Å². The van der Waals surface area contributed by atoms with Gasteiger partial charge in [-0.3, -0.25) is 9.10 Å². The minimum Gasteiger partial charge on any atom is -0.497 e. The van der Waals surface area contributed by atoms with Gasteiger partial charge in [-0.05, 0) is 55.0 Å². The second-order valence-corrected chi connectivity index (χ2v) is 7.54. The number of halogens is 1. The average Bonchev–Trinajstić information content (AvgIpc) is 2.60. The summed E-state index contributed by atoms with van der Waals surface area (Å²) in [4.78, 5) is 12.7. The molecule has 2 rings (SSSR count). The monoisotopic (exact) mass is 380 g/mol. The Labute approximate surface area is 152 Å². The zero-order chi connectivity index (χ0) is 19.3. The number of carbonyl (C=O) groups excluding carboxylic acids is 1. The van der Waals surface area contributed by atoms with Crippen LogP contribution in [0.3, 0.4) is 0 Å². The van der Waals surface area contributed by atoms with Gasteiger partial charge in [0, 0.05) is 5.69 Å². The van der Waals surface area contributed by atoms with E-state index in [4.69, 9.17) is 4.74 Å². The largest absolute Gasteiger partial charge is 0.497 e. The van der Waals surface area contributed by atoms with E-state index >= 15 is 0 Å². The number of benzene rings is 2. The molecule has 0 spiro atoms. The van der Waals surface area contributed by atoms with Gasteiger partial charge in [0.2, 0.25) is 15.9 Å². The first kappa shape index (κ1) is 19.7. The van der Waals surface area contributed by atoms with Crippen LogP contribution in [0.1, 0.15) is 13.3 Å². The minimum atomic E-state index is -3.76. The summed E-state index contributed by atoms with van der Waals surface area (Å²) >= 11 is 0. The standard InChI is InChI=1S/C18H21FN2O4S/c1-4-17(18(22)20-14-7-11-16(25-2)12-8-14)21(26(3,23)24)15-9-5-13(19)6-10-15/h5-12,17H,4H2,1-3H3,(H,20,22)/t17-/m1/s1. The van der Waals surface area contributed by atoms with Crippen LogP contribution < -0.4 is 14.4 Å². The molecule has 6 nitrogen and oxygen atoms in total. The molecule has 0 aliphatic heterocycles. The summed E-state index contributed by atoms with van der Waals surface area (Å²) in [6.07, 6.45) is 1.26. The molecule has 8 heteroatoms. The molecule has 26 heavy (non-hydrogen) atoms. The molecule has 0 fully saturated rings. The summed E-state index contributed by atoms with van der Waals surface area (Å²) in [6.45, 7) is 1.71. The number of amides is 1. The molecule has 0 aliphatic carbocycles. The molecular formula is C18H21FN2O4S. The molecule has 0 saturated heterocycles. The Morgan fingerprint density at radius 1 is 1.15 bits per heavy atom. The molecule has 140 valence electrons. The van der Waals surface area contributed by atoms with Gasteiger partial charge < -0.3 is 10.1 Å². The maximum Gasteiger partial charge on any atom is 0.248 e. The molecule has 0 radical (unpaired) electrons. The summed E-state index contributed by atoms with van der Waals surface area (Å²) in [6, 6.07) is 10.7. The van der Waals surface area contributed by atoms with Gasteiger partial charge in [-0.25, -0.2) is 12.8 Å². The zero-order valence-corrected chi connectivity index (χ0v) is 15.6. The highest BCUT2D eigenvalue weighted by Gasteiger charge is 2.31. The fourth-order valence-corrected chi connectivity index (χ4v) is 3.76. The van der Waals surface area contributed by atoms with E-state index in [1.165, 1.54) is 19.2 Å². The summed E-state index contributed by atoms with van der Waals surface area (Å²) in [5.74, 6) is -0.329. The number of carbonyl (C=O) groups is 1. The third-order valence-electron chi connectivity index (χ3n) is 3.77. The molecule has 0 heterocycles. The van der Waals surface area contributed by atoms with Gasteiger partial charge in [0.25, 0.3) is 0 Å². The Kier molecular flexibility index (Phi) is 6.20. The molecule has 0 unspecified atom stereocenters. The third kappa shape index (κ3) is 4.72. The van der Waals surface area contributed by atoms with E-state index in [0.29, 0.717) is 11.4 Å². The minimum absolute atomic E-state index is 0.227. The summed E-state index contributed by atoms with van der Waals surface area (Å²) < 4.78 is 43.8. The maximum absolute atomic E-state index is 13.2. The lowest BCUT2D eigenvalue weighted by Gasteiger charge is -2.30. The summed E-state index contributed by atoms with van der Waals surface area (Å²) in [5, 5.41) is 2.70. The molecule has 1 atom stereocenters. The number of sulfonamides is 1. The SMILES string of the molecule is CC[C@H](C(=O)Nc1ccc(OC)cc1)N(c1ccc(F)cc1)S(C)(=O)=O. The van der Waals surface area contributed by atoms with Crippen molar-refractivity contribution in [3.05, 3.63) is 54.3 Å². The van der Waals surface area contributed by atoms with Gasteiger partial charge in [-0.15, -0.1) is 0 Å². The Morgan fingerprint density at radius 3 is 2.19 bits per heavy atom. The quantitative estimate of drug-likeness (QED) is 0.801. The summed E-state index contributed by atoms with van der Waals surface area (Å²) in [5.41, 5.74) is 0.743. The van der Waals surface area contributed by atoms with E-state index in [9.17, 15) is 17.6 Å². The molecule has 0 aliphatic rings. The fraction of sp³-hybridized carbons (Fsp3) is 0.278. The topological polar surface area (TPSA) is 75.7 Å². The number of anilines is 2. The van der Waals surface area contributed by atoms with Crippen molar-refractivity contribution in [3.63, 3.8) is 0 Å². The molecule has 0 aromatic heterocycles. The highest BCUT2D eigenvalue weighted by molar-refractivity contribution is 7.92. The third-order valence-corrected chi connectivity index (χ3v) is 4.95. The average molecular weight is 380 g/mol. The van der Waals surface area contributed by atoms with Crippen LogP contribution in [0, 0.1) is 5.82 Å². The fourth-order valence-electron chi connectivity index (χ4n) is 2.55. The van der Waals surface area contributed by atoms with E-state index in [-0.39, 0.29) is 12.1 Å². The number of nitrogens with zero attached hydrogens (tertiary/aromatic N) is 1. The molecule has 1 amide bonds. The Bertz CT molecular complexity index is 852. The molecular weight excluding hydrogens is 359 g/mol. The lowest BCUT2D eigenvalue weighted by Crippen LogP contribution is -2.47. The van der Waals surface area contributed by atoms with Crippen molar-refractivity contribution in [1.29, 1.82) is 0 Å². The van der Waals surface area contributed by atoms with Crippen molar-refractivity contribution in [2.75, 3.05) is 23.0 Å². The van der Waals surface area contributed by atoms with Crippen LogP contribution in [0.5, 0.6) is 5.75 Å². The van der Waals surface area contributed by atoms with Crippen molar-refractivity contribution in [2.45, 2.75) is 19.4 Å². The van der Waals surface area contributed by atoms with E-state index in [0.717, 1.165) is 22.7 Å². The van der Waals surface area contributed by atoms with Crippen LogP contribution in [-0.4, -0.2) is 33.7 Å². The van der Waals surface area contributed by atoms with Crippen molar-refractivity contribution >= 4 is 27.3 Å². The molecule has 2 aromatic carbocycles. The van der Waals surface area contributed by atoms with Crippen molar-refractivity contribution in [2.24, 2.45) is 0 Å². The predicted octanol–water partition coefficient (Wildman–Crippen LogP) is 3.02. The summed E-state index contributed by atoms with van der Waals surface area (Å²) in [7, 11) is -2.22. The van der Waals surface area contributed by atoms with Gasteiger partial charge in [0.1, 0.15) is 17.6 Å². The van der Waals surface area contributed by atoms with E-state index < -0.39 is 27.8 Å². The second-order valence-electron chi connectivity index (χ2n) is 5.68. The van der Waals surface area contributed by atoms with Crippen LogP contribution in [0.25, 0.3) is 0 Å². The Balaban J connectivity index is 2.31. The van der Waals surface area contributed by atoms with Crippen molar-refractivity contribution < 1.29 is 22.3 Å². The smallest absolute Gasteiger partial charge is 0.248 e. The van der Waals surface area contributed by atoms with E-state index in [1.54, 1.807) is 31.2 Å². The van der Waals surface area contributed by atoms with E-state index in [2.05, 4.69) is 5.32 Å². The molecule has 0 bridgehead atoms. The first-order chi connectivity index (χ1) is 12.3. The van der Waals surface area contributed by atoms with Crippen LogP contribution >= 0.6 is 0 Å². The second kappa shape index (κ2) is 8.18. The molecule has 0 saturated carbocycles. The predicted molar refractivity (Wildman–Crippen MR) is 99.4 cm³/mol. The first-order valence-corrected chi connectivity index (χ1v) is 9.81. The lowest BCUT2D eigenvalue weighted by molar-refractivity contribution is -0.117. The first-order valence-electron chi connectivity index (χ1n) is 7.96. The van der Waals surface area contributed by atoms with Crippen molar-refractivity contribution in [1.82, 2.24) is 0 Å². The highest BCUT2D eigenvalue weighted by atomic mass is 32.2. The van der Waals surface area contributed by atoms with Crippen LogP contribution in [0.15, 0.2) is 48.5 Å². The lowest BCUT2D eigenvalue weighted by atomic mass is 10.1. The van der Waals surface area contributed by atoms with Crippen LogP contribution in [0.2, 0.25) is 0 Å². The number of hydrogen-bond donors (Lipinski definition) is 1. The Hall–Kier alpha value is -2.61. The number of hydrogen-bond acceptors (Lipinski definition) is 4. The van der Waals surface area contributed by atoms with Crippen LogP contribution in [0.4, 0.5) is 15.8 Å². The number of ether oxygens (including phenoxy) is 1. The van der Waals surface area contributed by atoms with Crippen LogP contribution in [-0.2, 0) is 14.8 Å². The number of rotatable bonds is 7. The highest BCUT2D eigenvalue weighted by Crippen LogP contribution is 2.24. The van der Waals surface area contributed by atoms with Gasteiger partial charge in [0.15, 0.2) is 0 Å². The van der Waals surface area contributed by atoms with Gasteiger partial charge in [-0.1, -0.05) is 6.92 Å². The maximum atomic E-state index is 13.2. The molecule has 2 aromatic rings. The van der Waals surface area contributed by atoms with Gasteiger partial charge in [0.05, 0.1) is 19.1 Å². The number of nitrogens with one attached hydrogen (secondary N) is 1. The van der Waals surface area contributed by atoms with Crippen molar-refractivity contribution in [3.8, 4) is 5.75 Å². The van der Waals surface area contributed by atoms with E-state index in [1.807, 2.05) is 0 Å². The Morgan fingerprint density at radius 2 is 1.73 bits per heavy atom. The van der Waals surface area contributed by atoms with Gasteiger partial charge >= 0.3 is 0 Å². The normalized spacial score (nSPS) is 12.3. The zero-order valence-electron chi connectivity index (χ0n) is 14.8. The molecule has 1 N–H and O–H groups in total.